The monoisotopic (exact) mass is 245 g/mol. The Morgan fingerprint density at radius 3 is 2.82 bits per heavy atom. The van der Waals surface area contributed by atoms with E-state index in [0.29, 0.717) is 32.1 Å². The van der Waals surface area contributed by atoms with Crippen molar-refractivity contribution in [2.24, 2.45) is 5.92 Å². The number of nitrogens with one attached hydrogen (secondary N) is 1. The summed E-state index contributed by atoms with van der Waals surface area (Å²) >= 11 is 0. The maximum atomic E-state index is 11.5. The van der Waals surface area contributed by atoms with E-state index in [4.69, 9.17) is 14.6 Å². The van der Waals surface area contributed by atoms with Gasteiger partial charge in [-0.05, 0) is 25.2 Å². The SMILES string of the molecule is O=C(CCC1CCOCC1)NCCOCCO. The number of hydrogen-bond acceptors (Lipinski definition) is 4. The Morgan fingerprint density at radius 1 is 1.35 bits per heavy atom. The molecule has 5 heteroatoms. The van der Waals surface area contributed by atoms with Gasteiger partial charge in [0.15, 0.2) is 0 Å². The first kappa shape index (κ1) is 14.4. The van der Waals surface area contributed by atoms with Crippen molar-refractivity contribution in [3.8, 4) is 0 Å². The maximum absolute atomic E-state index is 11.5. The highest BCUT2D eigenvalue weighted by atomic mass is 16.5. The van der Waals surface area contributed by atoms with Crippen molar-refractivity contribution in [3.05, 3.63) is 0 Å². The average molecular weight is 245 g/mol. The van der Waals surface area contributed by atoms with Gasteiger partial charge in [0.1, 0.15) is 0 Å². The summed E-state index contributed by atoms with van der Waals surface area (Å²) in [6, 6.07) is 0. The Balaban J connectivity index is 1.93. The summed E-state index contributed by atoms with van der Waals surface area (Å²) in [5, 5.41) is 11.3. The van der Waals surface area contributed by atoms with Gasteiger partial charge >= 0.3 is 0 Å². The van der Waals surface area contributed by atoms with Crippen LogP contribution in [0.2, 0.25) is 0 Å². The molecule has 0 unspecified atom stereocenters. The molecule has 0 saturated carbocycles. The van der Waals surface area contributed by atoms with Gasteiger partial charge in [-0.25, -0.2) is 0 Å². The average Bonchev–Trinajstić information content (AvgIpc) is 2.37. The van der Waals surface area contributed by atoms with Crippen LogP contribution in [0.4, 0.5) is 0 Å². The molecule has 0 spiro atoms. The Hall–Kier alpha value is -0.650. The molecule has 0 aromatic carbocycles. The minimum Gasteiger partial charge on any atom is -0.394 e. The number of carbonyl (C=O) groups is 1. The molecule has 100 valence electrons. The van der Waals surface area contributed by atoms with E-state index < -0.39 is 0 Å². The van der Waals surface area contributed by atoms with Gasteiger partial charge in [0.2, 0.25) is 5.91 Å². The van der Waals surface area contributed by atoms with E-state index in [1.165, 1.54) is 0 Å². The summed E-state index contributed by atoms with van der Waals surface area (Å²) < 4.78 is 10.3. The van der Waals surface area contributed by atoms with Crippen LogP contribution < -0.4 is 5.32 Å². The van der Waals surface area contributed by atoms with Gasteiger partial charge in [-0.3, -0.25) is 4.79 Å². The Bertz CT molecular complexity index is 205. The van der Waals surface area contributed by atoms with Gasteiger partial charge < -0.3 is 19.9 Å². The Morgan fingerprint density at radius 2 is 2.12 bits per heavy atom. The predicted octanol–water partition coefficient (Wildman–Crippen LogP) is 0.318. The lowest BCUT2D eigenvalue weighted by Gasteiger charge is -2.21. The van der Waals surface area contributed by atoms with Gasteiger partial charge in [-0.15, -0.1) is 0 Å². The van der Waals surface area contributed by atoms with Gasteiger partial charge in [0, 0.05) is 26.2 Å². The van der Waals surface area contributed by atoms with E-state index in [1.54, 1.807) is 0 Å². The van der Waals surface area contributed by atoms with Crippen molar-refractivity contribution in [2.75, 3.05) is 39.6 Å². The number of aliphatic hydroxyl groups is 1. The van der Waals surface area contributed by atoms with Crippen molar-refractivity contribution in [1.82, 2.24) is 5.32 Å². The zero-order valence-electron chi connectivity index (χ0n) is 10.3. The van der Waals surface area contributed by atoms with E-state index >= 15 is 0 Å². The molecule has 1 fully saturated rings. The lowest BCUT2D eigenvalue weighted by atomic mass is 9.95. The van der Waals surface area contributed by atoms with Crippen molar-refractivity contribution in [3.63, 3.8) is 0 Å². The molecule has 1 heterocycles. The van der Waals surface area contributed by atoms with Crippen LogP contribution in [0.15, 0.2) is 0 Å². The minimum absolute atomic E-state index is 0.0255. The predicted molar refractivity (Wildman–Crippen MR) is 63.7 cm³/mol. The fraction of sp³-hybridized carbons (Fsp3) is 0.917. The van der Waals surface area contributed by atoms with Gasteiger partial charge in [-0.1, -0.05) is 0 Å². The lowest BCUT2D eigenvalue weighted by Crippen LogP contribution is -2.28. The van der Waals surface area contributed by atoms with E-state index in [0.717, 1.165) is 32.5 Å². The van der Waals surface area contributed by atoms with Crippen molar-refractivity contribution < 1.29 is 19.4 Å². The van der Waals surface area contributed by atoms with Crippen LogP contribution in [-0.2, 0) is 14.3 Å². The smallest absolute Gasteiger partial charge is 0.220 e. The number of hydrogen-bond donors (Lipinski definition) is 2. The largest absolute Gasteiger partial charge is 0.394 e. The van der Waals surface area contributed by atoms with E-state index in [1.807, 2.05) is 0 Å². The molecule has 1 rings (SSSR count). The van der Waals surface area contributed by atoms with E-state index in [-0.39, 0.29) is 12.5 Å². The number of amides is 1. The van der Waals surface area contributed by atoms with Crippen LogP contribution in [0.3, 0.4) is 0 Å². The van der Waals surface area contributed by atoms with Gasteiger partial charge in [-0.2, -0.15) is 0 Å². The molecule has 1 saturated heterocycles. The summed E-state index contributed by atoms with van der Waals surface area (Å²) in [5.74, 6) is 0.726. The molecule has 0 aliphatic carbocycles. The fourth-order valence-electron chi connectivity index (χ4n) is 1.89. The molecule has 0 aromatic heterocycles. The van der Waals surface area contributed by atoms with Gasteiger partial charge in [0.25, 0.3) is 0 Å². The second kappa shape index (κ2) is 9.39. The van der Waals surface area contributed by atoms with E-state index in [2.05, 4.69) is 5.32 Å². The molecule has 0 bridgehead atoms. The third-order valence-electron chi connectivity index (χ3n) is 2.92. The normalized spacial score (nSPS) is 17.0. The lowest BCUT2D eigenvalue weighted by molar-refractivity contribution is -0.121. The molecule has 1 amide bonds. The zero-order chi connectivity index (χ0) is 12.3. The first-order chi connectivity index (χ1) is 8.33. The van der Waals surface area contributed by atoms with Crippen LogP contribution in [0.1, 0.15) is 25.7 Å². The highest BCUT2D eigenvalue weighted by Gasteiger charge is 2.14. The molecule has 0 aromatic rings. The topological polar surface area (TPSA) is 67.8 Å². The summed E-state index contributed by atoms with van der Waals surface area (Å²) in [4.78, 5) is 11.5. The van der Waals surface area contributed by atoms with E-state index in [9.17, 15) is 4.79 Å². The van der Waals surface area contributed by atoms with Crippen LogP contribution in [0.25, 0.3) is 0 Å². The minimum atomic E-state index is 0.0255. The molecule has 5 nitrogen and oxygen atoms in total. The number of aliphatic hydroxyl groups excluding tert-OH is 1. The summed E-state index contributed by atoms with van der Waals surface area (Å²) in [6.07, 6.45) is 3.69. The zero-order valence-corrected chi connectivity index (χ0v) is 10.3. The number of rotatable bonds is 8. The molecule has 2 N–H and O–H groups in total. The molecular formula is C12H23NO4. The summed E-state index contributed by atoms with van der Waals surface area (Å²) in [5.41, 5.74) is 0. The van der Waals surface area contributed by atoms with Crippen molar-refractivity contribution >= 4 is 5.91 Å². The first-order valence-electron chi connectivity index (χ1n) is 6.36. The van der Waals surface area contributed by atoms with Crippen LogP contribution >= 0.6 is 0 Å². The number of ether oxygens (including phenoxy) is 2. The van der Waals surface area contributed by atoms with Crippen LogP contribution in [-0.4, -0.2) is 50.6 Å². The van der Waals surface area contributed by atoms with Crippen LogP contribution in [0.5, 0.6) is 0 Å². The second-order valence-corrected chi connectivity index (χ2v) is 4.28. The highest BCUT2D eigenvalue weighted by Crippen LogP contribution is 2.19. The molecule has 17 heavy (non-hydrogen) atoms. The summed E-state index contributed by atoms with van der Waals surface area (Å²) in [6.45, 7) is 3.01. The quantitative estimate of drug-likeness (QED) is 0.604. The molecular weight excluding hydrogens is 222 g/mol. The fourth-order valence-corrected chi connectivity index (χ4v) is 1.89. The standard InChI is InChI=1S/C12H23NO4/c14-6-10-17-9-5-13-12(15)2-1-11-3-7-16-8-4-11/h11,14H,1-10H2,(H,13,15). The Labute approximate surface area is 102 Å². The number of carbonyl (C=O) groups excluding carboxylic acids is 1. The maximum Gasteiger partial charge on any atom is 0.220 e. The molecule has 1 aliphatic heterocycles. The second-order valence-electron chi connectivity index (χ2n) is 4.28. The van der Waals surface area contributed by atoms with Crippen molar-refractivity contribution in [2.45, 2.75) is 25.7 Å². The third kappa shape index (κ3) is 7.31. The molecule has 0 atom stereocenters. The first-order valence-corrected chi connectivity index (χ1v) is 6.36. The molecule has 1 aliphatic rings. The van der Waals surface area contributed by atoms with Gasteiger partial charge in [0.05, 0.1) is 19.8 Å². The van der Waals surface area contributed by atoms with Crippen molar-refractivity contribution in [1.29, 1.82) is 0 Å². The summed E-state index contributed by atoms with van der Waals surface area (Å²) in [7, 11) is 0. The Kier molecular flexibility index (Phi) is 7.96. The highest BCUT2D eigenvalue weighted by molar-refractivity contribution is 5.75. The molecule has 0 radical (unpaired) electrons. The van der Waals surface area contributed by atoms with Crippen LogP contribution in [0, 0.1) is 5.92 Å². The third-order valence-corrected chi connectivity index (χ3v) is 2.92.